The van der Waals surface area contributed by atoms with Gasteiger partial charge in [0.1, 0.15) is 0 Å². The van der Waals surface area contributed by atoms with Crippen LogP contribution in [-0.4, -0.2) is 15.0 Å². The SMILES string of the molecule is C#Cc1ccc(-n2cc(CCCC)nn2)cc1. The summed E-state index contributed by atoms with van der Waals surface area (Å²) < 4.78 is 1.78. The second-order valence-corrected chi connectivity index (χ2v) is 3.95. The summed E-state index contributed by atoms with van der Waals surface area (Å²) in [5.41, 5.74) is 2.90. The van der Waals surface area contributed by atoms with Gasteiger partial charge in [-0.25, -0.2) is 4.68 Å². The van der Waals surface area contributed by atoms with Gasteiger partial charge in [0.05, 0.1) is 17.6 Å². The number of hydrogen-bond acceptors (Lipinski definition) is 2. The summed E-state index contributed by atoms with van der Waals surface area (Å²) in [6.07, 6.45) is 10.6. The third-order valence-corrected chi connectivity index (χ3v) is 2.63. The Bertz CT molecular complexity index is 517. The third-order valence-electron chi connectivity index (χ3n) is 2.63. The van der Waals surface area contributed by atoms with Crippen molar-refractivity contribution in [1.82, 2.24) is 15.0 Å². The van der Waals surface area contributed by atoms with E-state index in [0.717, 1.165) is 29.8 Å². The van der Waals surface area contributed by atoms with Crippen LogP contribution in [0.15, 0.2) is 30.5 Å². The van der Waals surface area contributed by atoms with E-state index in [-0.39, 0.29) is 0 Å². The molecule has 1 aromatic carbocycles. The predicted octanol–water partition coefficient (Wildman–Crippen LogP) is 2.59. The highest BCUT2D eigenvalue weighted by atomic mass is 15.4. The largest absolute Gasteiger partial charge is 0.220 e. The molecule has 0 spiro atoms. The number of hydrogen-bond donors (Lipinski definition) is 0. The lowest BCUT2D eigenvalue weighted by Crippen LogP contribution is -1.94. The van der Waals surface area contributed by atoms with Gasteiger partial charge >= 0.3 is 0 Å². The molecule has 0 radical (unpaired) electrons. The van der Waals surface area contributed by atoms with E-state index in [1.54, 1.807) is 4.68 Å². The molecular formula is C14H15N3. The number of rotatable bonds is 4. The van der Waals surface area contributed by atoms with Gasteiger partial charge in [0.25, 0.3) is 0 Å². The molecule has 3 nitrogen and oxygen atoms in total. The first-order chi connectivity index (χ1) is 8.33. The molecule has 0 N–H and O–H groups in total. The van der Waals surface area contributed by atoms with E-state index in [1.165, 1.54) is 6.42 Å². The smallest absolute Gasteiger partial charge is 0.0831 e. The van der Waals surface area contributed by atoms with Crippen molar-refractivity contribution in [2.75, 3.05) is 0 Å². The van der Waals surface area contributed by atoms with Crippen molar-refractivity contribution in [2.45, 2.75) is 26.2 Å². The Labute approximate surface area is 101 Å². The summed E-state index contributed by atoms with van der Waals surface area (Å²) >= 11 is 0. The van der Waals surface area contributed by atoms with Crippen molar-refractivity contribution < 1.29 is 0 Å². The molecular weight excluding hydrogens is 210 g/mol. The van der Waals surface area contributed by atoms with E-state index < -0.39 is 0 Å². The Morgan fingerprint density at radius 3 is 2.71 bits per heavy atom. The minimum absolute atomic E-state index is 0.875. The molecule has 1 heterocycles. The van der Waals surface area contributed by atoms with Crippen LogP contribution in [0.5, 0.6) is 0 Å². The van der Waals surface area contributed by atoms with Crippen LogP contribution in [0.3, 0.4) is 0 Å². The number of benzene rings is 1. The highest BCUT2D eigenvalue weighted by molar-refractivity contribution is 5.40. The maximum Gasteiger partial charge on any atom is 0.0831 e. The van der Waals surface area contributed by atoms with Crippen molar-refractivity contribution in [1.29, 1.82) is 0 Å². The van der Waals surface area contributed by atoms with Crippen LogP contribution in [0.4, 0.5) is 0 Å². The van der Waals surface area contributed by atoms with Gasteiger partial charge in [0.15, 0.2) is 0 Å². The topological polar surface area (TPSA) is 30.7 Å². The predicted molar refractivity (Wildman–Crippen MR) is 67.9 cm³/mol. The maximum absolute atomic E-state index is 5.31. The molecule has 2 aromatic rings. The molecule has 17 heavy (non-hydrogen) atoms. The fourth-order valence-corrected chi connectivity index (χ4v) is 1.61. The molecule has 0 aliphatic carbocycles. The number of nitrogens with zero attached hydrogens (tertiary/aromatic N) is 3. The minimum atomic E-state index is 0.875. The maximum atomic E-state index is 5.31. The average molecular weight is 225 g/mol. The molecule has 3 heteroatoms. The first kappa shape index (κ1) is 11.4. The normalized spacial score (nSPS) is 10.1. The molecule has 0 unspecified atom stereocenters. The van der Waals surface area contributed by atoms with E-state index in [2.05, 4.69) is 23.2 Å². The van der Waals surface area contributed by atoms with Crippen molar-refractivity contribution in [3.63, 3.8) is 0 Å². The summed E-state index contributed by atoms with van der Waals surface area (Å²) in [4.78, 5) is 0. The van der Waals surface area contributed by atoms with Crippen LogP contribution in [0, 0.1) is 12.3 Å². The van der Waals surface area contributed by atoms with Gasteiger partial charge in [-0.3, -0.25) is 0 Å². The first-order valence-electron chi connectivity index (χ1n) is 5.81. The van der Waals surface area contributed by atoms with Crippen molar-refractivity contribution >= 4 is 0 Å². The van der Waals surface area contributed by atoms with Gasteiger partial charge < -0.3 is 0 Å². The summed E-state index contributed by atoms with van der Waals surface area (Å²) in [6.45, 7) is 2.17. The van der Waals surface area contributed by atoms with Gasteiger partial charge in [-0.2, -0.15) is 0 Å². The Morgan fingerprint density at radius 1 is 1.29 bits per heavy atom. The highest BCUT2D eigenvalue weighted by Gasteiger charge is 2.02. The van der Waals surface area contributed by atoms with Gasteiger partial charge in [-0.05, 0) is 37.1 Å². The monoisotopic (exact) mass is 225 g/mol. The zero-order valence-electron chi connectivity index (χ0n) is 9.93. The van der Waals surface area contributed by atoms with Crippen LogP contribution in [0.25, 0.3) is 5.69 Å². The first-order valence-corrected chi connectivity index (χ1v) is 5.81. The molecule has 0 aliphatic rings. The van der Waals surface area contributed by atoms with Crippen LogP contribution < -0.4 is 0 Å². The Hall–Kier alpha value is -2.08. The Balaban J connectivity index is 2.16. The van der Waals surface area contributed by atoms with Crippen molar-refractivity contribution in [2.24, 2.45) is 0 Å². The lowest BCUT2D eigenvalue weighted by atomic mass is 10.2. The molecule has 0 fully saturated rings. The summed E-state index contributed by atoms with van der Waals surface area (Å²) in [7, 11) is 0. The molecule has 0 bridgehead atoms. The fraction of sp³-hybridized carbons (Fsp3) is 0.286. The lowest BCUT2D eigenvalue weighted by molar-refractivity contribution is 0.761. The van der Waals surface area contributed by atoms with Crippen LogP contribution >= 0.6 is 0 Å². The third kappa shape index (κ3) is 2.73. The fourth-order valence-electron chi connectivity index (χ4n) is 1.61. The van der Waals surface area contributed by atoms with Gasteiger partial charge in [0, 0.05) is 5.56 Å². The zero-order valence-corrected chi connectivity index (χ0v) is 9.93. The van der Waals surface area contributed by atoms with E-state index in [4.69, 9.17) is 6.42 Å². The summed E-state index contributed by atoms with van der Waals surface area (Å²) in [5.74, 6) is 2.59. The Kier molecular flexibility index (Phi) is 3.56. The second kappa shape index (κ2) is 5.31. The van der Waals surface area contributed by atoms with Crippen LogP contribution in [-0.2, 0) is 6.42 Å². The molecule has 0 aliphatic heterocycles. The van der Waals surface area contributed by atoms with E-state index in [1.807, 2.05) is 30.5 Å². The average Bonchev–Trinajstić information content (AvgIpc) is 2.85. The molecule has 0 saturated heterocycles. The molecule has 0 saturated carbocycles. The number of terminal acetylenes is 1. The molecule has 0 atom stereocenters. The van der Waals surface area contributed by atoms with E-state index in [0.29, 0.717) is 0 Å². The quantitative estimate of drug-likeness (QED) is 0.749. The zero-order chi connectivity index (χ0) is 12.1. The van der Waals surface area contributed by atoms with Crippen molar-refractivity contribution in [3.05, 3.63) is 41.7 Å². The molecule has 2 rings (SSSR count). The van der Waals surface area contributed by atoms with Gasteiger partial charge in [-0.15, -0.1) is 11.5 Å². The van der Waals surface area contributed by atoms with Crippen LogP contribution in [0.2, 0.25) is 0 Å². The number of aromatic nitrogens is 3. The number of unbranched alkanes of at least 4 members (excludes halogenated alkanes) is 1. The lowest BCUT2D eigenvalue weighted by Gasteiger charge is -1.99. The van der Waals surface area contributed by atoms with Crippen LogP contribution in [0.1, 0.15) is 31.0 Å². The molecule has 86 valence electrons. The number of aryl methyl sites for hydroxylation is 1. The van der Waals surface area contributed by atoms with Crippen molar-refractivity contribution in [3.8, 4) is 18.0 Å². The highest BCUT2D eigenvalue weighted by Crippen LogP contribution is 2.09. The molecule has 0 amide bonds. The van der Waals surface area contributed by atoms with E-state index >= 15 is 0 Å². The molecule has 1 aromatic heterocycles. The van der Waals surface area contributed by atoms with Gasteiger partial charge in [0.2, 0.25) is 0 Å². The Morgan fingerprint density at radius 2 is 2.06 bits per heavy atom. The van der Waals surface area contributed by atoms with E-state index in [9.17, 15) is 0 Å². The standard InChI is InChI=1S/C14H15N3/c1-3-5-6-13-11-17(16-15-13)14-9-7-12(4-2)8-10-14/h2,7-11H,3,5-6H2,1H3. The van der Waals surface area contributed by atoms with Gasteiger partial charge in [-0.1, -0.05) is 24.5 Å². The second-order valence-electron chi connectivity index (χ2n) is 3.95. The minimum Gasteiger partial charge on any atom is -0.220 e. The summed E-state index contributed by atoms with van der Waals surface area (Å²) in [5, 5.41) is 8.26. The summed E-state index contributed by atoms with van der Waals surface area (Å²) in [6, 6.07) is 7.71.